The molecule has 0 bridgehead atoms. The summed E-state index contributed by atoms with van der Waals surface area (Å²) in [6.07, 6.45) is 1.07. The van der Waals surface area contributed by atoms with Gasteiger partial charge in [-0.05, 0) is 56.0 Å². The van der Waals surface area contributed by atoms with E-state index in [0.29, 0.717) is 36.6 Å². The van der Waals surface area contributed by atoms with Crippen molar-refractivity contribution in [3.8, 4) is 0 Å². The number of halogens is 2. The minimum Gasteiger partial charge on any atom is -0.339 e. The fourth-order valence-electron chi connectivity index (χ4n) is 3.45. The maximum atomic E-state index is 13.8. The Labute approximate surface area is 163 Å². The monoisotopic (exact) mass is 388 g/mol. The lowest BCUT2D eigenvalue weighted by Crippen LogP contribution is -2.41. The molecule has 6 heteroatoms. The van der Waals surface area contributed by atoms with Crippen molar-refractivity contribution in [2.24, 2.45) is 5.92 Å². The molecule has 27 heavy (non-hydrogen) atoms. The molecule has 2 aromatic rings. The summed E-state index contributed by atoms with van der Waals surface area (Å²) in [6.45, 7) is 4.70. The van der Waals surface area contributed by atoms with Gasteiger partial charge < -0.3 is 10.2 Å². The Hall–Kier alpha value is -2.40. The quantitative estimate of drug-likeness (QED) is 0.836. The van der Waals surface area contributed by atoms with Crippen LogP contribution in [0.25, 0.3) is 0 Å². The van der Waals surface area contributed by atoms with Crippen molar-refractivity contribution in [1.82, 2.24) is 4.90 Å². The van der Waals surface area contributed by atoms with Gasteiger partial charge in [0, 0.05) is 19.0 Å². The van der Waals surface area contributed by atoms with E-state index in [-0.39, 0.29) is 23.3 Å². The molecule has 1 N–H and O–H groups in total. The van der Waals surface area contributed by atoms with Crippen LogP contribution in [0.2, 0.25) is 5.02 Å². The molecular weight excluding hydrogens is 367 g/mol. The van der Waals surface area contributed by atoms with E-state index in [4.69, 9.17) is 11.6 Å². The highest BCUT2D eigenvalue weighted by molar-refractivity contribution is 6.34. The summed E-state index contributed by atoms with van der Waals surface area (Å²) in [5.41, 5.74) is 2.66. The zero-order chi connectivity index (χ0) is 19.6. The third kappa shape index (κ3) is 4.30. The van der Waals surface area contributed by atoms with Gasteiger partial charge in [-0.3, -0.25) is 9.59 Å². The van der Waals surface area contributed by atoms with Crippen LogP contribution in [0.5, 0.6) is 0 Å². The van der Waals surface area contributed by atoms with E-state index >= 15 is 0 Å². The summed E-state index contributed by atoms with van der Waals surface area (Å²) in [4.78, 5) is 26.7. The van der Waals surface area contributed by atoms with E-state index in [1.165, 1.54) is 12.1 Å². The van der Waals surface area contributed by atoms with Gasteiger partial charge in [-0.2, -0.15) is 0 Å². The van der Waals surface area contributed by atoms with Crippen LogP contribution in [0, 0.1) is 25.6 Å². The lowest BCUT2D eigenvalue weighted by Gasteiger charge is -2.31. The minimum atomic E-state index is -0.521. The van der Waals surface area contributed by atoms with Gasteiger partial charge in [0.1, 0.15) is 5.82 Å². The first-order valence-electron chi connectivity index (χ1n) is 8.98. The number of hydrogen-bond donors (Lipinski definition) is 1. The number of rotatable bonds is 3. The van der Waals surface area contributed by atoms with Crippen molar-refractivity contribution in [1.29, 1.82) is 0 Å². The number of aryl methyl sites for hydroxylation is 2. The number of nitrogens with one attached hydrogen (secondary N) is 1. The molecule has 1 fully saturated rings. The highest BCUT2D eigenvalue weighted by Crippen LogP contribution is 2.29. The molecule has 0 saturated carbocycles. The van der Waals surface area contributed by atoms with Gasteiger partial charge >= 0.3 is 0 Å². The number of carbonyl (C=O) groups is 2. The lowest BCUT2D eigenvalue weighted by molar-refractivity contribution is -0.121. The van der Waals surface area contributed by atoms with Crippen LogP contribution in [0.4, 0.5) is 10.1 Å². The maximum Gasteiger partial charge on any atom is 0.256 e. The Bertz CT molecular complexity index is 853. The summed E-state index contributed by atoms with van der Waals surface area (Å²) < 4.78 is 13.8. The van der Waals surface area contributed by atoms with Crippen molar-refractivity contribution >= 4 is 29.1 Å². The van der Waals surface area contributed by atoms with Gasteiger partial charge in [0.15, 0.2) is 0 Å². The standard InChI is InChI=1S/C21H22ClFN2O2/c1-13-11-14(2)19(17(22)12-13)24-20(26)15-7-9-25(10-8-15)21(27)16-5-3-4-6-18(16)23/h3-6,11-12,15H,7-10H2,1-2H3,(H,24,26). The Morgan fingerprint density at radius 2 is 1.81 bits per heavy atom. The van der Waals surface area contributed by atoms with Crippen LogP contribution < -0.4 is 5.32 Å². The molecule has 0 spiro atoms. The number of carbonyl (C=O) groups excluding carboxylic acids is 2. The molecule has 0 aliphatic carbocycles. The van der Waals surface area contributed by atoms with Crippen LogP contribution in [-0.2, 0) is 4.79 Å². The molecule has 2 aromatic carbocycles. The smallest absolute Gasteiger partial charge is 0.256 e. The summed E-state index contributed by atoms with van der Waals surface area (Å²) in [6, 6.07) is 9.75. The van der Waals surface area contributed by atoms with Gasteiger partial charge in [-0.1, -0.05) is 29.8 Å². The second kappa shape index (κ2) is 8.09. The number of anilines is 1. The second-order valence-electron chi connectivity index (χ2n) is 6.97. The summed E-state index contributed by atoms with van der Waals surface area (Å²) >= 11 is 6.26. The first-order valence-corrected chi connectivity index (χ1v) is 9.36. The highest BCUT2D eigenvalue weighted by Gasteiger charge is 2.29. The third-order valence-electron chi connectivity index (χ3n) is 4.94. The molecule has 0 atom stereocenters. The first kappa shape index (κ1) is 19.4. The zero-order valence-electron chi connectivity index (χ0n) is 15.4. The van der Waals surface area contributed by atoms with E-state index in [2.05, 4.69) is 5.32 Å². The van der Waals surface area contributed by atoms with E-state index in [1.54, 1.807) is 17.0 Å². The number of nitrogens with zero attached hydrogens (tertiary/aromatic N) is 1. The maximum absolute atomic E-state index is 13.8. The second-order valence-corrected chi connectivity index (χ2v) is 7.38. The molecule has 1 aliphatic rings. The predicted molar refractivity (Wildman–Crippen MR) is 105 cm³/mol. The number of amides is 2. The fraction of sp³-hybridized carbons (Fsp3) is 0.333. The molecule has 0 radical (unpaired) electrons. The van der Waals surface area contributed by atoms with Crippen LogP contribution >= 0.6 is 11.6 Å². The first-order chi connectivity index (χ1) is 12.9. The summed E-state index contributed by atoms with van der Waals surface area (Å²) in [7, 11) is 0. The van der Waals surface area contributed by atoms with Crippen molar-refractivity contribution in [3.63, 3.8) is 0 Å². The SMILES string of the molecule is Cc1cc(C)c(NC(=O)C2CCN(C(=O)c3ccccc3F)CC2)c(Cl)c1. The largest absolute Gasteiger partial charge is 0.339 e. The lowest BCUT2D eigenvalue weighted by atomic mass is 9.95. The molecule has 2 amide bonds. The average Bonchev–Trinajstić information content (AvgIpc) is 2.64. The number of hydrogen-bond acceptors (Lipinski definition) is 2. The highest BCUT2D eigenvalue weighted by atomic mass is 35.5. The van der Waals surface area contributed by atoms with Gasteiger partial charge in [-0.25, -0.2) is 4.39 Å². The molecule has 142 valence electrons. The van der Waals surface area contributed by atoms with Crippen LogP contribution in [0.1, 0.15) is 34.3 Å². The number of piperidine rings is 1. The van der Waals surface area contributed by atoms with Gasteiger partial charge in [0.2, 0.25) is 5.91 Å². The van der Waals surface area contributed by atoms with Crippen LogP contribution in [-0.4, -0.2) is 29.8 Å². The molecule has 3 rings (SSSR count). The van der Waals surface area contributed by atoms with Crippen molar-refractivity contribution < 1.29 is 14.0 Å². The Kier molecular flexibility index (Phi) is 5.80. The van der Waals surface area contributed by atoms with E-state index in [9.17, 15) is 14.0 Å². The summed E-state index contributed by atoms with van der Waals surface area (Å²) in [5, 5.41) is 3.45. The van der Waals surface area contributed by atoms with Gasteiger partial charge in [-0.15, -0.1) is 0 Å². The normalized spacial score (nSPS) is 14.9. The fourth-order valence-corrected chi connectivity index (χ4v) is 3.82. The minimum absolute atomic E-state index is 0.0717. The Morgan fingerprint density at radius 3 is 2.44 bits per heavy atom. The topological polar surface area (TPSA) is 49.4 Å². The Balaban J connectivity index is 1.62. The van der Waals surface area contributed by atoms with Gasteiger partial charge in [0.05, 0.1) is 16.3 Å². The number of likely N-dealkylation sites (tertiary alicyclic amines) is 1. The van der Waals surface area contributed by atoms with Crippen LogP contribution in [0.15, 0.2) is 36.4 Å². The molecule has 0 aromatic heterocycles. The van der Waals surface area contributed by atoms with Crippen molar-refractivity contribution in [2.75, 3.05) is 18.4 Å². The Morgan fingerprint density at radius 1 is 1.15 bits per heavy atom. The van der Waals surface area contributed by atoms with E-state index in [1.807, 2.05) is 26.0 Å². The van der Waals surface area contributed by atoms with Crippen LogP contribution in [0.3, 0.4) is 0 Å². The average molecular weight is 389 g/mol. The van der Waals surface area contributed by atoms with E-state index in [0.717, 1.165) is 11.1 Å². The summed E-state index contributed by atoms with van der Waals surface area (Å²) in [5.74, 6) is -1.15. The molecule has 1 aliphatic heterocycles. The van der Waals surface area contributed by atoms with Gasteiger partial charge in [0.25, 0.3) is 5.91 Å². The molecule has 0 unspecified atom stereocenters. The van der Waals surface area contributed by atoms with Crippen molar-refractivity contribution in [2.45, 2.75) is 26.7 Å². The zero-order valence-corrected chi connectivity index (χ0v) is 16.1. The molecule has 1 saturated heterocycles. The molecule has 4 nitrogen and oxygen atoms in total. The van der Waals surface area contributed by atoms with E-state index < -0.39 is 5.82 Å². The van der Waals surface area contributed by atoms with Crippen molar-refractivity contribution in [3.05, 3.63) is 63.9 Å². The number of benzene rings is 2. The predicted octanol–water partition coefficient (Wildman–Crippen LogP) is 4.59. The molecule has 1 heterocycles. The third-order valence-corrected chi connectivity index (χ3v) is 5.24. The molecular formula is C21H22ClFN2O2.